The topological polar surface area (TPSA) is 66.5 Å². The summed E-state index contributed by atoms with van der Waals surface area (Å²) in [6.45, 7) is 4.18. The van der Waals surface area contributed by atoms with Gasteiger partial charge in [-0.1, -0.05) is 12.1 Å². The molecule has 116 valence electrons. The zero-order chi connectivity index (χ0) is 15.6. The van der Waals surface area contributed by atoms with Crippen LogP contribution in [0.4, 0.5) is 4.39 Å². The molecule has 1 amide bonds. The highest BCUT2D eigenvalue weighted by Gasteiger charge is 2.33. The number of rotatable bonds is 5. The third-order valence-corrected chi connectivity index (χ3v) is 4.80. The van der Waals surface area contributed by atoms with Crippen LogP contribution in [-0.2, 0) is 20.6 Å². The number of hydrogen-bond acceptors (Lipinski definition) is 3. The highest BCUT2D eigenvalue weighted by molar-refractivity contribution is 7.88. The molecule has 0 bridgehead atoms. The second-order valence-corrected chi connectivity index (χ2v) is 7.30. The first-order valence-corrected chi connectivity index (χ1v) is 8.46. The zero-order valence-corrected chi connectivity index (χ0v) is 12.9. The first-order chi connectivity index (χ1) is 9.77. The third-order valence-electron chi connectivity index (χ3n) is 3.40. The van der Waals surface area contributed by atoms with Gasteiger partial charge in [0.2, 0.25) is 15.9 Å². The number of hydrogen-bond donors (Lipinski definition) is 1. The molecular formula is C14H19FN2O3S. The molecule has 2 rings (SSSR count). The summed E-state index contributed by atoms with van der Waals surface area (Å²) in [5.41, 5.74) is 0.508. The molecule has 1 N–H and O–H groups in total. The summed E-state index contributed by atoms with van der Waals surface area (Å²) in [7, 11) is -3.55. The molecule has 0 aliphatic carbocycles. The van der Waals surface area contributed by atoms with Crippen molar-refractivity contribution in [3.63, 3.8) is 0 Å². The standard InChI is InChI=1S/C14H19FN2O3S/c1-10(2)17-8-13(7-14(17)18)16-21(19,20)9-11-3-5-12(15)6-4-11/h3-6,10,13,16H,7-9H2,1-2H3. The van der Waals surface area contributed by atoms with Gasteiger partial charge < -0.3 is 4.90 Å². The Hall–Kier alpha value is -1.47. The van der Waals surface area contributed by atoms with Crippen molar-refractivity contribution in [2.24, 2.45) is 0 Å². The molecule has 1 fully saturated rings. The van der Waals surface area contributed by atoms with Gasteiger partial charge in [-0.25, -0.2) is 17.5 Å². The minimum absolute atomic E-state index is 0.0421. The van der Waals surface area contributed by atoms with Gasteiger partial charge in [0.25, 0.3) is 0 Å². The number of amides is 1. The Bertz CT molecular complexity index is 614. The molecule has 7 heteroatoms. The van der Waals surface area contributed by atoms with Crippen molar-refractivity contribution in [2.45, 2.75) is 38.1 Å². The van der Waals surface area contributed by atoms with Gasteiger partial charge in [-0.2, -0.15) is 0 Å². The maximum atomic E-state index is 12.8. The average Bonchev–Trinajstić information content (AvgIpc) is 2.72. The summed E-state index contributed by atoms with van der Waals surface area (Å²) in [4.78, 5) is 13.4. The molecule has 21 heavy (non-hydrogen) atoms. The van der Waals surface area contributed by atoms with Crippen LogP contribution in [0.5, 0.6) is 0 Å². The first-order valence-electron chi connectivity index (χ1n) is 6.81. The Morgan fingerprint density at radius 3 is 2.48 bits per heavy atom. The van der Waals surface area contributed by atoms with Gasteiger partial charge in [-0.15, -0.1) is 0 Å². The van der Waals surface area contributed by atoms with E-state index in [1.807, 2.05) is 13.8 Å². The molecule has 1 aliphatic rings. The fourth-order valence-electron chi connectivity index (χ4n) is 2.41. The number of benzene rings is 1. The monoisotopic (exact) mass is 314 g/mol. The Morgan fingerprint density at radius 1 is 1.33 bits per heavy atom. The molecule has 1 unspecified atom stereocenters. The van der Waals surface area contributed by atoms with Crippen LogP contribution in [-0.4, -0.2) is 37.9 Å². The van der Waals surface area contributed by atoms with Crippen LogP contribution < -0.4 is 4.72 Å². The average molecular weight is 314 g/mol. The molecular weight excluding hydrogens is 295 g/mol. The number of nitrogens with zero attached hydrogens (tertiary/aromatic N) is 1. The van der Waals surface area contributed by atoms with Crippen molar-refractivity contribution in [3.8, 4) is 0 Å². The fourth-order valence-corrected chi connectivity index (χ4v) is 3.79. The molecule has 0 radical (unpaired) electrons. The minimum atomic E-state index is -3.55. The predicted molar refractivity (Wildman–Crippen MR) is 77.4 cm³/mol. The van der Waals surface area contributed by atoms with E-state index in [1.54, 1.807) is 4.90 Å². The lowest BCUT2D eigenvalue weighted by Crippen LogP contribution is -2.39. The number of halogens is 1. The molecule has 0 saturated carbocycles. The number of likely N-dealkylation sites (tertiary alicyclic amines) is 1. The molecule has 5 nitrogen and oxygen atoms in total. The van der Waals surface area contributed by atoms with Gasteiger partial charge in [-0.3, -0.25) is 4.79 Å². The Balaban J connectivity index is 1.99. The highest BCUT2D eigenvalue weighted by Crippen LogP contribution is 2.16. The van der Waals surface area contributed by atoms with Crippen LogP contribution in [0, 0.1) is 5.82 Å². The molecule has 1 atom stereocenters. The number of sulfonamides is 1. The lowest BCUT2D eigenvalue weighted by Gasteiger charge is -2.21. The van der Waals surface area contributed by atoms with Crippen molar-refractivity contribution in [3.05, 3.63) is 35.6 Å². The van der Waals surface area contributed by atoms with E-state index in [1.165, 1.54) is 24.3 Å². The smallest absolute Gasteiger partial charge is 0.224 e. The predicted octanol–water partition coefficient (Wildman–Crippen LogP) is 1.25. The maximum absolute atomic E-state index is 12.8. The summed E-state index contributed by atoms with van der Waals surface area (Å²) in [6, 6.07) is 4.99. The summed E-state index contributed by atoms with van der Waals surface area (Å²) >= 11 is 0. The second-order valence-electron chi connectivity index (χ2n) is 5.54. The second kappa shape index (κ2) is 6.11. The van der Waals surface area contributed by atoms with Crippen molar-refractivity contribution in [1.29, 1.82) is 0 Å². The zero-order valence-electron chi connectivity index (χ0n) is 12.0. The SMILES string of the molecule is CC(C)N1CC(NS(=O)(=O)Cc2ccc(F)cc2)CC1=O. The van der Waals surface area contributed by atoms with Crippen LogP contribution in [0.3, 0.4) is 0 Å². The van der Waals surface area contributed by atoms with Crippen molar-refractivity contribution < 1.29 is 17.6 Å². The van der Waals surface area contributed by atoms with E-state index in [-0.39, 0.29) is 24.1 Å². The summed E-state index contributed by atoms with van der Waals surface area (Å²) in [5, 5.41) is 0. The maximum Gasteiger partial charge on any atom is 0.224 e. The minimum Gasteiger partial charge on any atom is -0.339 e. The summed E-state index contributed by atoms with van der Waals surface area (Å²) in [6.07, 6.45) is 0.181. The Labute approximate surface area is 124 Å². The summed E-state index contributed by atoms with van der Waals surface area (Å²) < 4.78 is 39.5. The Kier molecular flexibility index (Phi) is 4.63. The summed E-state index contributed by atoms with van der Waals surface area (Å²) in [5.74, 6) is -0.669. The largest absolute Gasteiger partial charge is 0.339 e. The van der Waals surface area contributed by atoms with Crippen LogP contribution in [0.2, 0.25) is 0 Å². The van der Waals surface area contributed by atoms with Crippen molar-refractivity contribution in [2.75, 3.05) is 6.54 Å². The van der Waals surface area contributed by atoms with E-state index in [0.717, 1.165) is 0 Å². The number of carbonyl (C=O) groups is 1. The van der Waals surface area contributed by atoms with E-state index >= 15 is 0 Å². The van der Waals surface area contributed by atoms with E-state index < -0.39 is 21.9 Å². The van der Waals surface area contributed by atoms with E-state index in [9.17, 15) is 17.6 Å². The van der Waals surface area contributed by atoms with Crippen LogP contribution >= 0.6 is 0 Å². The number of nitrogens with one attached hydrogen (secondary N) is 1. The van der Waals surface area contributed by atoms with Gasteiger partial charge in [0.1, 0.15) is 5.82 Å². The molecule has 0 spiro atoms. The van der Waals surface area contributed by atoms with Crippen LogP contribution in [0.1, 0.15) is 25.8 Å². The number of carbonyl (C=O) groups excluding carboxylic acids is 1. The lowest BCUT2D eigenvalue weighted by molar-refractivity contribution is -0.129. The van der Waals surface area contributed by atoms with Gasteiger partial charge in [-0.05, 0) is 31.5 Å². The quantitative estimate of drug-likeness (QED) is 0.889. The van der Waals surface area contributed by atoms with E-state index in [0.29, 0.717) is 12.1 Å². The van der Waals surface area contributed by atoms with Gasteiger partial charge >= 0.3 is 0 Å². The van der Waals surface area contributed by atoms with Gasteiger partial charge in [0, 0.05) is 25.0 Å². The molecule has 1 aromatic rings. The molecule has 1 aromatic carbocycles. The molecule has 1 heterocycles. The van der Waals surface area contributed by atoms with E-state index in [4.69, 9.17) is 0 Å². The highest BCUT2D eigenvalue weighted by atomic mass is 32.2. The van der Waals surface area contributed by atoms with Crippen molar-refractivity contribution in [1.82, 2.24) is 9.62 Å². The van der Waals surface area contributed by atoms with Crippen molar-refractivity contribution >= 4 is 15.9 Å². The Morgan fingerprint density at radius 2 is 1.95 bits per heavy atom. The molecule has 1 aliphatic heterocycles. The van der Waals surface area contributed by atoms with Crippen LogP contribution in [0.15, 0.2) is 24.3 Å². The van der Waals surface area contributed by atoms with Crippen LogP contribution in [0.25, 0.3) is 0 Å². The molecule has 1 saturated heterocycles. The normalized spacial score (nSPS) is 19.5. The fraction of sp³-hybridized carbons (Fsp3) is 0.500. The third kappa shape index (κ3) is 4.25. The first kappa shape index (κ1) is 15.9. The lowest BCUT2D eigenvalue weighted by atomic mass is 10.2. The van der Waals surface area contributed by atoms with Gasteiger partial charge in [0.05, 0.1) is 5.75 Å². The van der Waals surface area contributed by atoms with Gasteiger partial charge in [0.15, 0.2) is 0 Å². The molecule has 0 aromatic heterocycles. The van der Waals surface area contributed by atoms with E-state index in [2.05, 4.69) is 4.72 Å².